The lowest BCUT2D eigenvalue weighted by Gasteiger charge is -2.22. The van der Waals surface area contributed by atoms with Gasteiger partial charge in [0.05, 0.1) is 30.8 Å². The van der Waals surface area contributed by atoms with E-state index in [-0.39, 0.29) is 34.8 Å². The van der Waals surface area contributed by atoms with Crippen LogP contribution in [0.2, 0.25) is 0 Å². The van der Waals surface area contributed by atoms with E-state index in [1.165, 1.54) is 6.07 Å². The third kappa shape index (κ3) is 4.67. The Kier molecular flexibility index (Phi) is 6.05. The monoisotopic (exact) mass is 475 g/mol. The molecule has 0 radical (unpaired) electrons. The average molecular weight is 475 g/mol. The van der Waals surface area contributed by atoms with Crippen LogP contribution < -0.4 is 15.8 Å². The number of H-pyrrole nitrogens is 1. The maximum absolute atomic E-state index is 14.0. The number of hydrogen-bond acceptors (Lipinski definition) is 8. The summed E-state index contributed by atoms with van der Waals surface area (Å²) < 4.78 is 55.6. The van der Waals surface area contributed by atoms with Crippen LogP contribution in [0.25, 0.3) is 17.2 Å². The molecule has 1 saturated carbocycles. The predicted molar refractivity (Wildman–Crippen MR) is 115 cm³/mol. The third-order valence-corrected chi connectivity index (χ3v) is 5.43. The normalized spacial score (nSPS) is 16.9. The van der Waals surface area contributed by atoms with Gasteiger partial charge in [0, 0.05) is 11.5 Å². The number of alkyl halides is 3. The number of benzene rings is 1. The molecule has 12 heteroatoms. The van der Waals surface area contributed by atoms with Crippen molar-refractivity contribution in [1.29, 1.82) is 0 Å². The summed E-state index contributed by atoms with van der Waals surface area (Å²) in [4.78, 5) is 20.5. The Balaban J connectivity index is 1.57. The standard InChI is InChI=1S/C22H20F3N5O4/c23-18(24)19(25)33-17-13(11-6-8-32-9-7-11)2-1-3-14(17)28-20-16(21-29-30-22(31)34-21)27-15(10-26-20)12-4-5-12/h1-3,6,10,12,18-19H,4-5,7-9H2,(H,26,28)(H,30,31). The summed E-state index contributed by atoms with van der Waals surface area (Å²) in [6.07, 6.45) is -0.364. The lowest BCUT2D eigenvalue weighted by Crippen LogP contribution is -2.21. The van der Waals surface area contributed by atoms with Crippen molar-refractivity contribution < 1.29 is 27.1 Å². The first-order valence-corrected chi connectivity index (χ1v) is 10.7. The first-order valence-electron chi connectivity index (χ1n) is 10.7. The molecule has 3 heterocycles. The zero-order chi connectivity index (χ0) is 23.7. The van der Waals surface area contributed by atoms with Crippen LogP contribution in [-0.4, -0.2) is 46.2 Å². The highest BCUT2D eigenvalue weighted by Gasteiger charge is 2.29. The summed E-state index contributed by atoms with van der Waals surface area (Å²) in [5, 5.41) is 8.99. The Morgan fingerprint density at radius 1 is 1.24 bits per heavy atom. The van der Waals surface area contributed by atoms with Gasteiger partial charge in [0.1, 0.15) is 0 Å². The minimum atomic E-state index is -3.34. The Labute approximate surface area is 191 Å². The smallest absolute Gasteiger partial charge is 0.434 e. The van der Waals surface area contributed by atoms with Crippen LogP contribution in [-0.2, 0) is 4.74 Å². The van der Waals surface area contributed by atoms with Crippen LogP contribution in [0.5, 0.6) is 5.75 Å². The topological polar surface area (TPSA) is 115 Å². The molecule has 1 atom stereocenters. The number of rotatable bonds is 8. The fraction of sp³-hybridized carbons (Fsp3) is 0.364. The molecule has 34 heavy (non-hydrogen) atoms. The second-order valence-corrected chi connectivity index (χ2v) is 7.85. The largest absolute Gasteiger partial charge is 0.452 e. The third-order valence-electron chi connectivity index (χ3n) is 5.43. The number of halogens is 3. The highest BCUT2D eigenvalue weighted by Crippen LogP contribution is 2.42. The number of para-hydroxylation sites is 1. The van der Waals surface area contributed by atoms with E-state index >= 15 is 0 Å². The Morgan fingerprint density at radius 2 is 2.09 bits per heavy atom. The first-order chi connectivity index (χ1) is 16.5. The van der Waals surface area contributed by atoms with Gasteiger partial charge in [0.2, 0.25) is 0 Å². The molecule has 2 N–H and O–H groups in total. The van der Waals surface area contributed by atoms with E-state index < -0.39 is 18.5 Å². The molecule has 3 aromatic rings. The van der Waals surface area contributed by atoms with E-state index in [9.17, 15) is 18.0 Å². The van der Waals surface area contributed by atoms with E-state index in [1.54, 1.807) is 24.4 Å². The second-order valence-electron chi connectivity index (χ2n) is 7.85. The van der Waals surface area contributed by atoms with Gasteiger partial charge < -0.3 is 19.2 Å². The van der Waals surface area contributed by atoms with Crippen molar-refractivity contribution >= 4 is 17.1 Å². The van der Waals surface area contributed by atoms with Gasteiger partial charge in [-0.05, 0) is 30.9 Å². The quantitative estimate of drug-likeness (QED) is 0.499. The predicted octanol–water partition coefficient (Wildman–Crippen LogP) is 4.18. The summed E-state index contributed by atoms with van der Waals surface area (Å²) in [6, 6.07) is 4.88. The number of aromatic nitrogens is 4. The van der Waals surface area contributed by atoms with Crippen molar-refractivity contribution in [3.8, 4) is 17.3 Å². The SMILES string of the molecule is O=c1[nH]nc(-c2nc(C3CC3)cnc2Nc2cccc(C3=CCOCC3)c2OC(F)C(F)F)o1. The Morgan fingerprint density at radius 3 is 2.76 bits per heavy atom. The summed E-state index contributed by atoms with van der Waals surface area (Å²) in [5.74, 6) is -0.577. The van der Waals surface area contributed by atoms with Crippen molar-refractivity contribution in [1.82, 2.24) is 20.2 Å². The van der Waals surface area contributed by atoms with Gasteiger partial charge in [0.25, 0.3) is 12.2 Å². The van der Waals surface area contributed by atoms with Gasteiger partial charge in [-0.1, -0.05) is 18.2 Å². The minimum Gasteiger partial charge on any atom is -0.452 e. The lowest BCUT2D eigenvalue weighted by atomic mass is 9.99. The van der Waals surface area contributed by atoms with Crippen LogP contribution in [0.15, 0.2) is 39.7 Å². The Bertz CT molecular complexity index is 1270. The van der Waals surface area contributed by atoms with Gasteiger partial charge >= 0.3 is 12.2 Å². The molecule has 1 aliphatic heterocycles. The zero-order valence-corrected chi connectivity index (χ0v) is 17.8. The van der Waals surface area contributed by atoms with Crippen molar-refractivity contribution in [3.05, 3.63) is 52.3 Å². The fourth-order valence-corrected chi connectivity index (χ4v) is 3.63. The molecule has 0 spiro atoms. The number of nitrogens with one attached hydrogen (secondary N) is 2. The molecule has 1 unspecified atom stereocenters. The number of hydrogen-bond donors (Lipinski definition) is 2. The highest BCUT2D eigenvalue weighted by molar-refractivity contribution is 5.81. The molecule has 1 aliphatic carbocycles. The summed E-state index contributed by atoms with van der Waals surface area (Å²) in [7, 11) is 0. The molecular weight excluding hydrogens is 455 g/mol. The van der Waals surface area contributed by atoms with Crippen molar-refractivity contribution in [2.24, 2.45) is 0 Å². The molecule has 1 fully saturated rings. The molecule has 0 amide bonds. The van der Waals surface area contributed by atoms with E-state index in [2.05, 4.69) is 25.5 Å². The summed E-state index contributed by atoms with van der Waals surface area (Å²) in [6.45, 7) is 0.782. The van der Waals surface area contributed by atoms with E-state index in [1.807, 2.05) is 0 Å². The lowest BCUT2D eigenvalue weighted by molar-refractivity contribution is -0.0666. The van der Waals surface area contributed by atoms with E-state index in [4.69, 9.17) is 13.9 Å². The second kappa shape index (κ2) is 9.29. The van der Waals surface area contributed by atoms with Gasteiger partial charge in [-0.25, -0.2) is 28.6 Å². The molecule has 0 saturated heterocycles. The molecule has 9 nitrogen and oxygen atoms in total. The molecule has 1 aromatic carbocycles. The maximum Gasteiger partial charge on any atom is 0.434 e. The summed E-state index contributed by atoms with van der Waals surface area (Å²) in [5.41, 5.74) is 2.27. The molecule has 2 aliphatic rings. The minimum absolute atomic E-state index is 0.0933. The number of nitrogens with zero attached hydrogens (tertiary/aromatic N) is 3. The molecule has 0 bridgehead atoms. The van der Waals surface area contributed by atoms with Crippen LogP contribution in [0.4, 0.5) is 24.7 Å². The average Bonchev–Trinajstić information content (AvgIpc) is 3.61. The molecule has 2 aromatic heterocycles. The fourth-order valence-electron chi connectivity index (χ4n) is 3.63. The highest BCUT2D eigenvalue weighted by atomic mass is 19.3. The van der Waals surface area contributed by atoms with E-state index in [0.717, 1.165) is 18.4 Å². The van der Waals surface area contributed by atoms with Crippen LogP contribution in [0.3, 0.4) is 0 Å². The first kappa shape index (κ1) is 22.1. The summed E-state index contributed by atoms with van der Waals surface area (Å²) >= 11 is 0. The Hall–Kier alpha value is -3.67. The van der Waals surface area contributed by atoms with Crippen molar-refractivity contribution in [3.63, 3.8) is 0 Å². The molecular formula is C22H20F3N5O4. The van der Waals surface area contributed by atoms with E-state index in [0.29, 0.717) is 30.9 Å². The zero-order valence-electron chi connectivity index (χ0n) is 17.8. The van der Waals surface area contributed by atoms with Crippen molar-refractivity contribution in [2.45, 2.75) is 38.0 Å². The van der Waals surface area contributed by atoms with Gasteiger partial charge in [-0.2, -0.15) is 4.39 Å². The maximum atomic E-state index is 14.0. The van der Waals surface area contributed by atoms with Crippen LogP contribution >= 0.6 is 0 Å². The van der Waals surface area contributed by atoms with Crippen LogP contribution in [0, 0.1) is 0 Å². The molecule has 5 rings (SSSR count). The van der Waals surface area contributed by atoms with Gasteiger partial charge in [-0.3, -0.25) is 0 Å². The number of ether oxygens (including phenoxy) is 2. The molecule has 178 valence electrons. The van der Waals surface area contributed by atoms with Gasteiger partial charge in [0.15, 0.2) is 17.3 Å². The van der Waals surface area contributed by atoms with Gasteiger partial charge in [-0.15, -0.1) is 5.10 Å². The van der Waals surface area contributed by atoms with Crippen molar-refractivity contribution in [2.75, 3.05) is 18.5 Å². The number of anilines is 2. The van der Waals surface area contributed by atoms with Crippen LogP contribution in [0.1, 0.15) is 36.4 Å². The number of aromatic amines is 1.